The second kappa shape index (κ2) is 6.06. The maximum atomic E-state index is 12.7. The smallest absolute Gasteiger partial charge is 0.342 e. The van der Waals surface area contributed by atoms with Gasteiger partial charge in [-0.1, -0.05) is 12.8 Å². The normalized spacial score (nSPS) is 26.1. The van der Waals surface area contributed by atoms with Crippen LogP contribution in [0.5, 0.6) is 0 Å². The summed E-state index contributed by atoms with van der Waals surface area (Å²) in [6.45, 7) is 1.73. The summed E-state index contributed by atoms with van der Waals surface area (Å²) in [5.74, 6) is -0.617. The molecule has 1 N–H and O–H groups in total. The van der Waals surface area contributed by atoms with Gasteiger partial charge >= 0.3 is 5.51 Å². The predicted octanol–water partition coefficient (Wildman–Crippen LogP) is 2.29. The maximum Gasteiger partial charge on any atom is 0.441 e. The second-order valence-corrected chi connectivity index (χ2v) is 6.84. The number of hydrogen-bond acceptors (Lipinski definition) is 3. The van der Waals surface area contributed by atoms with Gasteiger partial charge in [0.1, 0.15) is 5.54 Å². The number of nitrogens with zero attached hydrogens (tertiary/aromatic N) is 1. The van der Waals surface area contributed by atoms with Gasteiger partial charge in [0.15, 0.2) is 0 Å². The summed E-state index contributed by atoms with van der Waals surface area (Å²) in [6.07, 6.45) is 3.00. The van der Waals surface area contributed by atoms with E-state index < -0.39 is 11.0 Å². The zero-order valence-corrected chi connectivity index (χ0v) is 12.6. The van der Waals surface area contributed by atoms with Crippen molar-refractivity contribution in [3.63, 3.8) is 0 Å². The quantitative estimate of drug-likeness (QED) is 0.866. The summed E-state index contributed by atoms with van der Waals surface area (Å²) in [5.41, 5.74) is -5.18. The highest BCUT2D eigenvalue weighted by atomic mass is 32.2. The SMILES string of the molecule is CC1CC(=O)NC2(CCCC2)C(=O)N1CCSC(F)(F)F. The van der Waals surface area contributed by atoms with Crippen molar-refractivity contribution in [2.45, 2.75) is 56.1 Å². The van der Waals surface area contributed by atoms with E-state index in [0.717, 1.165) is 12.8 Å². The van der Waals surface area contributed by atoms with Gasteiger partial charge < -0.3 is 10.2 Å². The monoisotopic (exact) mass is 324 g/mol. The minimum Gasteiger partial charge on any atom is -0.342 e. The van der Waals surface area contributed by atoms with E-state index in [9.17, 15) is 22.8 Å². The Morgan fingerprint density at radius 2 is 1.95 bits per heavy atom. The van der Waals surface area contributed by atoms with E-state index in [4.69, 9.17) is 0 Å². The van der Waals surface area contributed by atoms with Crippen LogP contribution in [0, 0.1) is 0 Å². The van der Waals surface area contributed by atoms with Crippen molar-refractivity contribution in [3.05, 3.63) is 0 Å². The zero-order chi connectivity index (χ0) is 15.7. The first-order valence-electron chi connectivity index (χ1n) is 7.06. The molecule has 8 heteroatoms. The molecular weight excluding hydrogens is 305 g/mol. The van der Waals surface area contributed by atoms with Crippen molar-refractivity contribution in [2.75, 3.05) is 12.3 Å². The molecule has 2 aliphatic rings. The van der Waals surface area contributed by atoms with Gasteiger partial charge in [0.05, 0.1) is 0 Å². The molecule has 2 rings (SSSR count). The molecule has 1 unspecified atom stereocenters. The second-order valence-electron chi connectivity index (χ2n) is 5.68. The first kappa shape index (κ1) is 16.5. The average Bonchev–Trinajstić information content (AvgIpc) is 2.78. The van der Waals surface area contributed by atoms with Gasteiger partial charge in [-0.25, -0.2) is 0 Å². The van der Waals surface area contributed by atoms with E-state index in [1.165, 1.54) is 4.90 Å². The van der Waals surface area contributed by atoms with Crippen LogP contribution < -0.4 is 5.32 Å². The van der Waals surface area contributed by atoms with Gasteiger partial charge in [0.2, 0.25) is 11.8 Å². The highest BCUT2D eigenvalue weighted by molar-refractivity contribution is 8.00. The van der Waals surface area contributed by atoms with Gasteiger partial charge in [-0.15, -0.1) is 0 Å². The largest absolute Gasteiger partial charge is 0.441 e. The van der Waals surface area contributed by atoms with Crippen molar-refractivity contribution in [2.24, 2.45) is 0 Å². The Balaban J connectivity index is 2.09. The first-order chi connectivity index (χ1) is 9.73. The van der Waals surface area contributed by atoms with E-state index in [2.05, 4.69) is 5.32 Å². The van der Waals surface area contributed by atoms with Gasteiger partial charge in [-0.05, 0) is 31.5 Å². The van der Waals surface area contributed by atoms with E-state index in [1.807, 2.05) is 0 Å². The third kappa shape index (κ3) is 3.84. The van der Waals surface area contributed by atoms with Crippen LogP contribution in [0.1, 0.15) is 39.0 Å². The molecule has 21 heavy (non-hydrogen) atoms. The minimum absolute atomic E-state index is 0.0148. The number of alkyl halides is 3. The molecule has 2 amide bonds. The Hall–Kier alpha value is -0.920. The molecular formula is C13H19F3N2O2S. The fraction of sp³-hybridized carbons (Fsp3) is 0.846. The summed E-state index contributed by atoms with van der Waals surface area (Å²) in [7, 11) is 0. The molecule has 0 aromatic rings. The van der Waals surface area contributed by atoms with E-state index in [0.29, 0.717) is 12.8 Å². The van der Waals surface area contributed by atoms with Crippen LogP contribution in [-0.4, -0.2) is 46.1 Å². The van der Waals surface area contributed by atoms with Crippen molar-refractivity contribution in [1.82, 2.24) is 10.2 Å². The molecule has 0 aromatic carbocycles. The topological polar surface area (TPSA) is 49.4 Å². The Kier molecular flexibility index (Phi) is 4.75. The molecule has 1 aliphatic heterocycles. The standard InChI is InChI=1S/C13H19F3N2O2S/c1-9-8-10(19)17-12(4-2-3-5-12)11(20)18(9)6-7-21-13(14,15)16/h9H,2-8H2,1H3,(H,17,19). The van der Waals surface area contributed by atoms with Gasteiger partial charge in [-0.2, -0.15) is 13.2 Å². The third-order valence-corrected chi connectivity index (χ3v) is 4.83. The van der Waals surface area contributed by atoms with Gasteiger partial charge in [0.25, 0.3) is 0 Å². The number of carbonyl (C=O) groups excluding carboxylic acids is 2. The third-order valence-electron chi connectivity index (χ3n) is 4.12. The molecule has 0 bridgehead atoms. The van der Waals surface area contributed by atoms with Crippen LogP contribution in [0.4, 0.5) is 13.2 Å². The van der Waals surface area contributed by atoms with Crippen LogP contribution >= 0.6 is 11.8 Å². The van der Waals surface area contributed by atoms with Crippen LogP contribution in [0.25, 0.3) is 0 Å². The Morgan fingerprint density at radius 1 is 1.33 bits per heavy atom. The number of thioether (sulfide) groups is 1. The van der Waals surface area contributed by atoms with Crippen LogP contribution in [0.2, 0.25) is 0 Å². The minimum atomic E-state index is -4.29. The summed E-state index contributed by atoms with van der Waals surface area (Å²) < 4.78 is 36.7. The van der Waals surface area contributed by atoms with Crippen molar-refractivity contribution in [3.8, 4) is 0 Å². The lowest BCUT2D eigenvalue weighted by Gasteiger charge is -2.34. The van der Waals surface area contributed by atoms with E-state index in [1.54, 1.807) is 6.92 Å². The van der Waals surface area contributed by atoms with Crippen LogP contribution in [0.3, 0.4) is 0 Å². The number of rotatable bonds is 3. The summed E-state index contributed by atoms with van der Waals surface area (Å²) in [5, 5.41) is 2.81. The fourth-order valence-corrected chi connectivity index (χ4v) is 3.64. The summed E-state index contributed by atoms with van der Waals surface area (Å²) in [6, 6.07) is -0.369. The van der Waals surface area contributed by atoms with Crippen molar-refractivity contribution >= 4 is 23.6 Å². The maximum absolute atomic E-state index is 12.7. The molecule has 1 aliphatic carbocycles. The lowest BCUT2D eigenvalue weighted by Crippen LogP contribution is -2.56. The van der Waals surface area contributed by atoms with Crippen molar-refractivity contribution in [1.29, 1.82) is 0 Å². The number of hydrogen-bond donors (Lipinski definition) is 1. The number of halogens is 3. The van der Waals surface area contributed by atoms with E-state index >= 15 is 0 Å². The van der Waals surface area contributed by atoms with Gasteiger partial charge in [0, 0.05) is 24.8 Å². The number of carbonyl (C=O) groups is 2. The van der Waals surface area contributed by atoms with Gasteiger partial charge in [-0.3, -0.25) is 9.59 Å². The molecule has 0 radical (unpaired) electrons. The highest BCUT2D eigenvalue weighted by Crippen LogP contribution is 2.35. The Bertz CT molecular complexity index is 422. The van der Waals surface area contributed by atoms with E-state index in [-0.39, 0.29) is 48.3 Å². The zero-order valence-electron chi connectivity index (χ0n) is 11.8. The molecule has 1 atom stereocenters. The molecule has 1 saturated carbocycles. The first-order valence-corrected chi connectivity index (χ1v) is 8.05. The summed E-state index contributed by atoms with van der Waals surface area (Å²) >= 11 is -0.129. The Labute approximate surface area is 125 Å². The highest BCUT2D eigenvalue weighted by Gasteiger charge is 2.48. The predicted molar refractivity (Wildman–Crippen MR) is 73.6 cm³/mol. The lowest BCUT2D eigenvalue weighted by atomic mass is 9.95. The molecule has 120 valence electrons. The molecule has 0 aromatic heterocycles. The lowest BCUT2D eigenvalue weighted by molar-refractivity contribution is -0.139. The van der Waals surface area contributed by atoms with Crippen LogP contribution in [0.15, 0.2) is 0 Å². The number of amides is 2. The summed E-state index contributed by atoms with van der Waals surface area (Å²) in [4.78, 5) is 26.1. The Morgan fingerprint density at radius 3 is 2.52 bits per heavy atom. The molecule has 1 spiro atoms. The van der Waals surface area contributed by atoms with Crippen LogP contribution in [-0.2, 0) is 9.59 Å². The fourth-order valence-electron chi connectivity index (χ4n) is 3.12. The molecule has 1 heterocycles. The molecule has 4 nitrogen and oxygen atoms in total. The molecule has 1 saturated heterocycles. The molecule has 2 fully saturated rings. The number of nitrogens with one attached hydrogen (secondary N) is 1. The average molecular weight is 324 g/mol. The van der Waals surface area contributed by atoms with Crippen molar-refractivity contribution < 1.29 is 22.8 Å².